The summed E-state index contributed by atoms with van der Waals surface area (Å²) < 4.78 is 4.70. The Labute approximate surface area is 242 Å². The number of carboxylic acid groups (broad SMARTS) is 1. The van der Waals surface area contributed by atoms with Gasteiger partial charge in [-0.2, -0.15) is 0 Å². The molecule has 7 heteroatoms. The van der Waals surface area contributed by atoms with Gasteiger partial charge < -0.3 is 19.1 Å². The van der Waals surface area contributed by atoms with E-state index in [4.69, 9.17) is 0 Å². The van der Waals surface area contributed by atoms with Gasteiger partial charge in [-0.25, -0.2) is 4.79 Å². The van der Waals surface area contributed by atoms with E-state index in [9.17, 15) is 14.7 Å². The Kier molecular flexibility index (Phi) is 7.41. The molecule has 3 heterocycles. The van der Waals surface area contributed by atoms with Gasteiger partial charge in [0.15, 0.2) is 0 Å². The van der Waals surface area contributed by atoms with Crippen molar-refractivity contribution >= 4 is 33.7 Å². The van der Waals surface area contributed by atoms with E-state index < -0.39 is 5.97 Å². The van der Waals surface area contributed by atoms with E-state index in [1.807, 2.05) is 26.2 Å². The molecule has 0 saturated heterocycles. The molecular weight excluding hydrogens is 512 g/mol. The highest BCUT2D eigenvalue weighted by atomic mass is 16.4. The number of aryl methyl sites for hydroxylation is 2. The van der Waals surface area contributed by atoms with Gasteiger partial charge in [0.25, 0.3) is 5.91 Å². The van der Waals surface area contributed by atoms with Gasteiger partial charge >= 0.3 is 5.97 Å². The van der Waals surface area contributed by atoms with Crippen LogP contribution in [0.2, 0.25) is 0 Å². The lowest BCUT2D eigenvalue weighted by Crippen LogP contribution is -2.28. The maximum absolute atomic E-state index is 13.8. The average Bonchev–Trinajstić information content (AvgIpc) is 3.46. The van der Waals surface area contributed by atoms with E-state index in [0.29, 0.717) is 11.5 Å². The van der Waals surface area contributed by atoms with E-state index in [2.05, 4.69) is 46.1 Å². The zero-order valence-electron chi connectivity index (χ0n) is 24.9. The second-order valence-electron chi connectivity index (χ2n) is 12.0. The lowest BCUT2D eigenvalue weighted by atomic mass is 9.81. The molecule has 2 aromatic carbocycles. The number of rotatable bonds is 7. The molecule has 0 unspecified atom stereocenters. The third kappa shape index (κ3) is 4.55. The number of carboxylic acids is 1. The van der Waals surface area contributed by atoms with Crippen LogP contribution in [0.5, 0.6) is 0 Å². The molecule has 1 fully saturated rings. The molecule has 0 spiro atoms. The molecule has 1 saturated carbocycles. The van der Waals surface area contributed by atoms with Gasteiger partial charge in [-0.3, -0.25) is 9.69 Å². The monoisotopic (exact) mass is 554 g/mol. The van der Waals surface area contributed by atoms with Crippen molar-refractivity contribution in [2.45, 2.75) is 77.9 Å². The van der Waals surface area contributed by atoms with Gasteiger partial charge in [-0.15, -0.1) is 0 Å². The molecule has 41 heavy (non-hydrogen) atoms. The fraction of sp³-hybridized carbons (Fsp3) is 0.471. The molecule has 7 nitrogen and oxygen atoms in total. The van der Waals surface area contributed by atoms with Crippen LogP contribution >= 0.6 is 0 Å². The number of aromatic carboxylic acids is 1. The molecule has 216 valence electrons. The summed E-state index contributed by atoms with van der Waals surface area (Å²) in [6.45, 7) is 8.43. The molecule has 0 radical (unpaired) electrons. The minimum absolute atomic E-state index is 0.0500. The van der Waals surface area contributed by atoms with Crippen molar-refractivity contribution in [3.63, 3.8) is 0 Å². The molecule has 2 aliphatic rings. The van der Waals surface area contributed by atoms with Crippen LogP contribution in [0.1, 0.15) is 90.3 Å². The summed E-state index contributed by atoms with van der Waals surface area (Å²) in [5, 5.41) is 12.2. The first-order valence-corrected chi connectivity index (χ1v) is 15.3. The quantitative estimate of drug-likeness (QED) is 0.268. The zero-order valence-corrected chi connectivity index (χ0v) is 24.9. The van der Waals surface area contributed by atoms with Crippen molar-refractivity contribution in [2.75, 3.05) is 27.2 Å². The van der Waals surface area contributed by atoms with E-state index in [0.717, 1.165) is 85.2 Å². The standard InChI is InChI=1S/C34H42N4O3/c1-5-36(6-2)21-27-24-14-10-15-26-30(24)38(32(27)33(39)35(3)4)19-11-18-37-28-20-23(34(40)41)16-17-25(28)29(31(26)37)22-12-8-7-9-13-22/h10,14-17,20,22H,5-9,11-13,18-19,21H2,1-4H3,(H,40,41). The van der Waals surface area contributed by atoms with E-state index in [-0.39, 0.29) is 5.91 Å². The number of hydrogen-bond acceptors (Lipinski definition) is 3. The summed E-state index contributed by atoms with van der Waals surface area (Å²) in [7, 11) is 3.69. The number of hydrogen-bond donors (Lipinski definition) is 1. The molecule has 4 aromatic rings. The van der Waals surface area contributed by atoms with E-state index >= 15 is 0 Å². The molecule has 1 aliphatic heterocycles. The predicted molar refractivity (Wildman–Crippen MR) is 165 cm³/mol. The van der Waals surface area contributed by atoms with Crippen LogP contribution in [-0.4, -0.2) is 63.1 Å². The summed E-state index contributed by atoms with van der Waals surface area (Å²) in [6.07, 6.45) is 6.88. The summed E-state index contributed by atoms with van der Waals surface area (Å²) in [5.41, 5.74) is 8.15. The summed E-state index contributed by atoms with van der Waals surface area (Å²) >= 11 is 0. The second kappa shape index (κ2) is 11.0. The van der Waals surface area contributed by atoms with Crippen molar-refractivity contribution in [2.24, 2.45) is 0 Å². The average molecular weight is 555 g/mol. The van der Waals surface area contributed by atoms with Gasteiger partial charge in [0.1, 0.15) is 5.69 Å². The number of amides is 1. The summed E-state index contributed by atoms with van der Waals surface area (Å²) in [5.74, 6) is -0.403. The van der Waals surface area contributed by atoms with E-state index in [1.54, 1.807) is 11.0 Å². The second-order valence-corrected chi connectivity index (χ2v) is 12.0. The fourth-order valence-electron chi connectivity index (χ4n) is 7.41. The maximum atomic E-state index is 13.8. The Balaban J connectivity index is 1.71. The van der Waals surface area contributed by atoms with Crippen molar-refractivity contribution in [3.8, 4) is 11.3 Å². The largest absolute Gasteiger partial charge is 0.478 e. The Bertz CT molecular complexity index is 1630. The molecule has 0 atom stereocenters. The van der Waals surface area contributed by atoms with Crippen molar-refractivity contribution < 1.29 is 14.7 Å². The van der Waals surface area contributed by atoms with Gasteiger partial charge in [-0.05, 0) is 56.0 Å². The molecule has 6 rings (SSSR count). The molecule has 2 aromatic heterocycles. The minimum Gasteiger partial charge on any atom is -0.478 e. The Morgan fingerprint density at radius 3 is 2.34 bits per heavy atom. The van der Waals surface area contributed by atoms with Gasteiger partial charge in [0.2, 0.25) is 0 Å². The normalized spacial score (nSPS) is 15.7. The third-order valence-corrected chi connectivity index (χ3v) is 9.45. The highest BCUT2D eigenvalue weighted by Gasteiger charge is 2.32. The smallest absolute Gasteiger partial charge is 0.335 e. The van der Waals surface area contributed by atoms with Crippen LogP contribution in [-0.2, 0) is 19.6 Å². The highest BCUT2D eigenvalue weighted by Crippen LogP contribution is 2.47. The fourth-order valence-corrected chi connectivity index (χ4v) is 7.41. The lowest BCUT2D eigenvalue weighted by molar-refractivity contribution is 0.0696. The van der Waals surface area contributed by atoms with Crippen LogP contribution in [0.15, 0.2) is 36.4 Å². The molecule has 1 aliphatic carbocycles. The van der Waals surface area contributed by atoms with Gasteiger partial charge in [-0.1, -0.05) is 57.4 Å². The predicted octanol–water partition coefficient (Wildman–Crippen LogP) is 6.96. The minimum atomic E-state index is -0.892. The van der Waals surface area contributed by atoms with Crippen molar-refractivity contribution in [1.82, 2.24) is 18.9 Å². The number of fused-ring (bicyclic) bond motifs is 4. The summed E-state index contributed by atoms with van der Waals surface area (Å²) in [6, 6.07) is 12.3. The van der Waals surface area contributed by atoms with Crippen LogP contribution < -0.4 is 0 Å². The first-order chi connectivity index (χ1) is 19.8. The Morgan fingerprint density at radius 1 is 0.927 bits per heavy atom. The summed E-state index contributed by atoms with van der Waals surface area (Å²) in [4.78, 5) is 29.9. The van der Waals surface area contributed by atoms with Crippen LogP contribution in [0.25, 0.3) is 33.1 Å². The topological polar surface area (TPSA) is 70.7 Å². The zero-order chi connectivity index (χ0) is 28.8. The first kappa shape index (κ1) is 27.6. The third-order valence-electron chi connectivity index (χ3n) is 9.45. The van der Waals surface area contributed by atoms with Crippen molar-refractivity contribution in [1.29, 1.82) is 0 Å². The number of benzene rings is 2. The van der Waals surface area contributed by atoms with Gasteiger partial charge in [0, 0.05) is 61.1 Å². The molecule has 1 N–H and O–H groups in total. The number of nitrogens with zero attached hydrogens (tertiary/aromatic N) is 4. The molecular formula is C34H42N4O3. The van der Waals surface area contributed by atoms with Crippen LogP contribution in [0, 0.1) is 0 Å². The Morgan fingerprint density at radius 2 is 1.66 bits per heavy atom. The van der Waals surface area contributed by atoms with Crippen molar-refractivity contribution in [3.05, 3.63) is 58.8 Å². The Hall–Kier alpha value is -3.58. The number of para-hydroxylation sites is 1. The first-order valence-electron chi connectivity index (χ1n) is 15.3. The van der Waals surface area contributed by atoms with Crippen LogP contribution in [0.3, 0.4) is 0 Å². The maximum Gasteiger partial charge on any atom is 0.335 e. The number of carbonyl (C=O) groups is 2. The molecule has 1 amide bonds. The number of aromatic nitrogens is 2. The highest BCUT2D eigenvalue weighted by molar-refractivity contribution is 6.08. The van der Waals surface area contributed by atoms with Crippen LogP contribution in [0.4, 0.5) is 0 Å². The van der Waals surface area contributed by atoms with Gasteiger partial charge in [0.05, 0.1) is 16.8 Å². The number of carbonyl (C=O) groups excluding carboxylic acids is 1. The molecule has 0 bridgehead atoms. The lowest BCUT2D eigenvalue weighted by Gasteiger charge is -2.25. The van der Waals surface area contributed by atoms with E-state index in [1.165, 1.54) is 35.9 Å². The SMILES string of the molecule is CCN(CC)Cc1c(C(=O)N(C)C)n2c3c(cccc13)-c1c(C3CCCCC3)c3ccc(C(=O)O)cc3n1CCC2.